The molecule has 3 saturated heterocycles. The minimum Gasteiger partial charge on any atom is -0.336 e. The largest absolute Gasteiger partial charge is 0.336 e. The van der Waals surface area contributed by atoms with Gasteiger partial charge in [-0.2, -0.15) is 11.8 Å². The lowest BCUT2D eigenvalue weighted by Gasteiger charge is -2.43. The maximum Gasteiger partial charge on any atom is 0.238 e. The number of rotatable bonds is 0. The van der Waals surface area contributed by atoms with Crippen LogP contribution in [0.2, 0.25) is 0 Å². The highest BCUT2D eigenvalue weighted by atomic mass is 32.2. The van der Waals surface area contributed by atoms with E-state index in [-0.39, 0.29) is 11.7 Å². The molecule has 3 heterocycles. The van der Waals surface area contributed by atoms with Crippen LogP contribution < -0.4 is 5.32 Å². The molecule has 1 N–H and O–H groups in total. The summed E-state index contributed by atoms with van der Waals surface area (Å²) in [6.45, 7) is 1.12. The molecule has 15 heavy (non-hydrogen) atoms. The van der Waals surface area contributed by atoms with E-state index in [1.807, 2.05) is 11.8 Å². The molecule has 3 nitrogen and oxygen atoms in total. The monoisotopic (exact) mass is 226 g/mol. The molecular formula is C11H18N2OS. The first kappa shape index (κ1) is 9.97. The molecule has 3 rings (SSSR count). The van der Waals surface area contributed by atoms with Crippen molar-refractivity contribution < 1.29 is 4.79 Å². The molecule has 0 aromatic rings. The number of piperidine rings is 1. The van der Waals surface area contributed by atoms with E-state index in [4.69, 9.17) is 0 Å². The van der Waals surface area contributed by atoms with Gasteiger partial charge in [0.2, 0.25) is 5.91 Å². The number of fused-ring (bicyclic) bond motifs is 2. The number of thioether (sulfide) groups is 1. The molecule has 0 aliphatic carbocycles. The fourth-order valence-electron chi connectivity index (χ4n) is 3.22. The van der Waals surface area contributed by atoms with Crippen LogP contribution in [0.3, 0.4) is 0 Å². The molecule has 3 aliphatic rings. The van der Waals surface area contributed by atoms with Gasteiger partial charge in [-0.05, 0) is 37.2 Å². The number of carbonyl (C=O) groups excluding carboxylic acids is 1. The van der Waals surface area contributed by atoms with Crippen LogP contribution in [0.25, 0.3) is 0 Å². The third-order valence-corrected chi connectivity index (χ3v) is 5.02. The van der Waals surface area contributed by atoms with E-state index in [1.54, 1.807) is 0 Å². The van der Waals surface area contributed by atoms with Gasteiger partial charge < -0.3 is 5.32 Å². The Morgan fingerprint density at radius 2 is 2.13 bits per heavy atom. The fourth-order valence-corrected chi connectivity index (χ4v) is 4.39. The van der Waals surface area contributed by atoms with Crippen molar-refractivity contribution in [1.29, 1.82) is 0 Å². The Hall–Kier alpha value is -0.220. The highest BCUT2D eigenvalue weighted by molar-refractivity contribution is 7.99. The predicted molar refractivity (Wildman–Crippen MR) is 61.8 cm³/mol. The van der Waals surface area contributed by atoms with Crippen LogP contribution in [0.5, 0.6) is 0 Å². The van der Waals surface area contributed by atoms with Crippen molar-refractivity contribution in [3.05, 3.63) is 0 Å². The second-order valence-electron chi connectivity index (χ2n) is 4.84. The lowest BCUT2D eigenvalue weighted by molar-refractivity contribution is -0.122. The minimum atomic E-state index is 0.0490. The van der Waals surface area contributed by atoms with Gasteiger partial charge in [0.1, 0.15) is 0 Å². The van der Waals surface area contributed by atoms with Crippen LogP contribution in [-0.4, -0.2) is 40.6 Å². The zero-order valence-electron chi connectivity index (χ0n) is 9.00. The first-order valence-electron chi connectivity index (χ1n) is 5.98. The smallest absolute Gasteiger partial charge is 0.238 e. The molecule has 1 spiro atoms. The number of hydrogen-bond acceptors (Lipinski definition) is 3. The van der Waals surface area contributed by atoms with E-state index in [9.17, 15) is 4.79 Å². The summed E-state index contributed by atoms with van der Waals surface area (Å²) < 4.78 is 0. The van der Waals surface area contributed by atoms with Crippen LogP contribution >= 0.6 is 11.8 Å². The van der Waals surface area contributed by atoms with Gasteiger partial charge in [0.25, 0.3) is 0 Å². The van der Waals surface area contributed by atoms with Crippen LogP contribution in [0.1, 0.15) is 32.1 Å². The summed E-state index contributed by atoms with van der Waals surface area (Å²) >= 11 is 2.02. The summed E-state index contributed by atoms with van der Waals surface area (Å²) in [6.07, 6.45) is 5.83. The molecule has 3 aliphatic heterocycles. The van der Waals surface area contributed by atoms with Gasteiger partial charge in [0.15, 0.2) is 0 Å². The van der Waals surface area contributed by atoms with Gasteiger partial charge in [-0.3, -0.25) is 9.69 Å². The van der Waals surface area contributed by atoms with Crippen LogP contribution in [0.15, 0.2) is 0 Å². The van der Waals surface area contributed by atoms with Gasteiger partial charge in [0.05, 0.1) is 11.7 Å². The quantitative estimate of drug-likeness (QED) is 0.673. The van der Waals surface area contributed by atoms with Crippen LogP contribution in [0.4, 0.5) is 0 Å². The summed E-state index contributed by atoms with van der Waals surface area (Å²) in [4.78, 5) is 14.4. The summed E-state index contributed by atoms with van der Waals surface area (Å²) in [6, 6.07) is 0.196. The normalized spacial score (nSPS) is 35.2. The Bertz CT molecular complexity index is 276. The molecule has 4 heteroatoms. The van der Waals surface area contributed by atoms with Gasteiger partial charge in [0, 0.05) is 6.54 Å². The molecule has 0 aromatic carbocycles. The van der Waals surface area contributed by atoms with Crippen molar-refractivity contribution in [2.75, 3.05) is 18.1 Å². The summed E-state index contributed by atoms with van der Waals surface area (Å²) in [5.74, 6) is 2.69. The predicted octanol–water partition coefficient (Wildman–Crippen LogP) is 1.19. The van der Waals surface area contributed by atoms with E-state index >= 15 is 0 Å². The molecule has 0 radical (unpaired) electrons. The van der Waals surface area contributed by atoms with E-state index in [0.29, 0.717) is 5.91 Å². The molecular weight excluding hydrogens is 208 g/mol. The van der Waals surface area contributed by atoms with Crippen molar-refractivity contribution in [2.45, 2.75) is 43.8 Å². The Balaban J connectivity index is 1.86. The maximum absolute atomic E-state index is 11.9. The van der Waals surface area contributed by atoms with Crippen molar-refractivity contribution in [2.24, 2.45) is 0 Å². The average molecular weight is 226 g/mol. The van der Waals surface area contributed by atoms with Gasteiger partial charge in [-0.25, -0.2) is 0 Å². The SMILES string of the molecule is O=C1NC2(CCSCC2)N2CCCCC12. The zero-order valence-corrected chi connectivity index (χ0v) is 9.81. The molecule has 0 saturated carbocycles. The summed E-state index contributed by atoms with van der Waals surface area (Å²) in [7, 11) is 0. The second-order valence-corrected chi connectivity index (χ2v) is 6.06. The Labute approximate surface area is 95.0 Å². The minimum absolute atomic E-state index is 0.0490. The lowest BCUT2D eigenvalue weighted by Crippen LogP contribution is -2.56. The number of carbonyl (C=O) groups is 1. The number of amides is 1. The molecule has 1 unspecified atom stereocenters. The van der Waals surface area contributed by atoms with Gasteiger partial charge in [-0.15, -0.1) is 0 Å². The van der Waals surface area contributed by atoms with Crippen molar-refractivity contribution >= 4 is 17.7 Å². The van der Waals surface area contributed by atoms with Crippen molar-refractivity contribution in [1.82, 2.24) is 10.2 Å². The third-order valence-electron chi connectivity index (χ3n) is 4.03. The highest BCUT2D eigenvalue weighted by Crippen LogP contribution is 2.38. The highest BCUT2D eigenvalue weighted by Gasteiger charge is 2.51. The standard InChI is InChI=1S/C11H18N2OS/c14-10-9-3-1-2-6-13(9)11(12-10)4-7-15-8-5-11/h9H,1-8H2,(H,12,14). The van der Waals surface area contributed by atoms with E-state index in [1.165, 1.54) is 24.3 Å². The zero-order chi connectivity index (χ0) is 10.3. The lowest BCUT2D eigenvalue weighted by atomic mass is 9.97. The summed E-state index contributed by atoms with van der Waals surface area (Å²) in [5.41, 5.74) is 0.0490. The molecule has 0 aromatic heterocycles. The Morgan fingerprint density at radius 1 is 1.33 bits per heavy atom. The van der Waals surface area contributed by atoms with Crippen LogP contribution in [-0.2, 0) is 4.79 Å². The van der Waals surface area contributed by atoms with E-state index < -0.39 is 0 Å². The third kappa shape index (κ3) is 1.49. The van der Waals surface area contributed by atoms with Gasteiger partial charge >= 0.3 is 0 Å². The molecule has 0 bridgehead atoms. The molecule has 84 valence electrons. The number of nitrogens with zero attached hydrogens (tertiary/aromatic N) is 1. The second kappa shape index (κ2) is 3.67. The van der Waals surface area contributed by atoms with Crippen molar-refractivity contribution in [3.8, 4) is 0 Å². The van der Waals surface area contributed by atoms with E-state index in [0.717, 1.165) is 25.8 Å². The maximum atomic E-state index is 11.9. The topological polar surface area (TPSA) is 32.3 Å². The molecule has 3 fully saturated rings. The Morgan fingerprint density at radius 3 is 2.93 bits per heavy atom. The first-order chi connectivity index (χ1) is 7.32. The van der Waals surface area contributed by atoms with E-state index in [2.05, 4.69) is 10.2 Å². The van der Waals surface area contributed by atoms with Crippen LogP contribution in [0, 0.1) is 0 Å². The summed E-state index contributed by atoms with van der Waals surface area (Å²) in [5, 5.41) is 3.28. The Kier molecular flexibility index (Phi) is 2.44. The first-order valence-corrected chi connectivity index (χ1v) is 7.14. The number of hydrogen-bond donors (Lipinski definition) is 1. The number of nitrogens with one attached hydrogen (secondary N) is 1. The molecule has 1 amide bonds. The van der Waals surface area contributed by atoms with Crippen molar-refractivity contribution in [3.63, 3.8) is 0 Å². The van der Waals surface area contributed by atoms with Gasteiger partial charge in [-0.1, -0.05) is 6.42 Å². The fraction of sp³-hybridized carbons (Fsp3) is 0.909. The molecule has 1 atom stereocenters. The average Bonchev–Trinajstić information content (AvgIpc) is 2.55.